The Kier molecular flexibility index (Phi) is 5.72. The Morgan fingerprint density at radius 1 is 1.38 bits per heavy atom. The molecule has 26 heavy (non-hydrogen) atoms. The molecule has 6 nitrogen and oxygen atoms in total. The van der Waals surface area contributed by atoms with E-state index in [1.54, 1.807) is 30.6 Å². The molecule has 0 spiro atoms. The quantitative estimate of drug-likeness (QED) is 0.407. The highest BCUT2D eigenvalue weighted by molar-refractivity contribution is 14.1. The van der Waals surface area contributed by atoms with Crippen molar-refractivity contribution in [3.8, 4) is 0 Å². The Morgan fingerprint density at radius 3 is 2.92 bits per heavy atom. The van der Waals surface area contributed by atoms with Crippen molar-refractivity contribution < 1.29 is 18.4 Å². The number of aromatic nitrogens is 1. The van der Waals surface area contributed by atoms with Crippen LogP contribution in [0.1, 0.15) is 24.4 Å². The average Bonchev–Trinajstić information content (AvgIpc) is 2.96. The van der Waals surface area contributed by atoms with Gasteiger partial charge >= 0.3 is 5.91 Å². The summed E-state index contributed by atoms with van der Waals surface area (Å²) < 4.78 is 20.6. The van der Waals surface area contributed by atoms with Crippen molar-refractivity contribution in [3.05, 3.63) is 51.8 Å². The zero-order chi connectivity index (χ0) is 18.7. The van der Waals surface area contributed by atoms with Crippen molar-refractivity contribution in [2.45, 2.75) is 13.8 Å². The zero-order valence-electron chi connectivity index (χ0n) is 14.2. The fourth-order valence-electron chi connectivity index (χ4n) is 2.27. The summed E-state index contributed by atoms with van der Waals surface area (Å²) >= 11 is 2.03. The predicted molar refractivity (Wildman–Crippen MR) is 105 cm³/mol. The van der Waals surface area contributed by atoms with Crippen LogP contribution in [0.5, 0.6) is 0 Å². The van der Waals surface area contributed by atoms with Crippen molar-refractivity contribution in [1.82, 2.24) is 10.5 Å². The lowest BCUT2D eigenvalue weighted by molar-refractivity contribution is 0.0191. The summed E-state index contributed by atoms with van der Waals surface area (Å²) in [5, 5.41) is 3.51. The smallest absolute Gasteiger partial charge is 0.312 e. The summed E-state index contributed by atoms with van der Waals surface area (Å²) in [6.07, 6.45) is 3.11. The predicted octanol–water partition coefficient (Wildman–Crippen LogP) is 4.63. The maximum Gasteiger partial charge on any atom is 0.312 e. The van der Waals surface area contributed by atoms with Gasteiger partial charge in [-0.15, -0.1) is 0 Å². The SMILES string of the molecule is CC(C)CONC(=O)c1oc2ccncc2c1Nc1ccc(I)cc1F. The molecule has 0 radical (unpaired) electrons. The van der Waals surface area contributed by atoms with Crippen molar-refractivity contribution in [2.75, 3.05) is 11.9 Å². The molecule has 0 unspecified atom stereocenters. The number of rotatable bonds is 6. The lowest BCUT2D eigenvalue weighted by Gasteiger charge is -2.10. The van der Waals surface area contributed by atoms with Crippen LogP contribution < -0.4 is 10.8 Å². The van der Waals surface area contributed by atoms with E-state index in [1.165, 1.54) is 6.07 Å². The first-order chi connectivity index (χ1) is 12.5. The number of amides is 1. The van der Waals surface area contributed by atoms with Crippen molar-refractivity contribution in [3.63, 3.8) is 0 Å². The Labute approximate surface area is 163 Å². The van der Waals surface area contributed by atoms with Crippen LogP contribution >= 0.6 is 22.6 Å². The second kappa shape index (κ2) is 8.00. The molecule has 2 heterocycles. The number of pyridine rings is 1. The highest BCUT2D eigenvalue weighted by Gasteiger charge is 2.22. The number of benzene rings is 1. The Morgan fingerprint density at radius 2 is 2.19 bits per heavy atom. The molecule has 0 aliphatic carbocycles. The molecule has 0 saturated carbocycles. The summed E-state index contributed by atoms with van der Waals surface area (Å²) in [6.45, 7) is 4.29. The standard InChI is InChI=1S/C18H17FIN3O3/c1-10(2)9-25-23-18(24)17-16(12-8-21-6-5-15(12)26-17)22-14-4-3-11(20)7-13(14)19/h3-8,10,22H,9H2,1-2H3,(H,23,24). The van der Waals surface area contributed by atoms with Crippen molar-refractivity contribution in [2.24, 2.45) is 5.92 Å². The van der Waals surface area contributed by atoms with Gasteiger partial charge in [0.1, 0.15) is 17.1 Å². The van der Waals surface area contributed by atoms with Gasteiger partial charge in [0.25, 0.3) is 0 Å². The number of hydrogen-bond acceptors (Lipinski definition) is 5. The van der Waals surface area contributed by atoms with Gasteiger partial charge in [0.15, 0.2) is 0 Å². The van der Waals surface area contributed by atoms with Gasteiger partial charge in [-0.25, -0.2) is 9.87 Å². The molecule has 136 valence electrons. The molecule has 3 rings (SSSR count). The van der Waals surface area contributed by atoms with E-state index in [9.17, 15) is 9.18 Å². The minimum atomic E-state index is -0.560. The van der Waals surface area contributed by atoms with Gasteiger partial charge in [0, 0.05) is 16.0 Å². The molecule has 0 aliphatic rings. The number of fused-ring (bicyclic) bond motifs is 1. The Bertz CT molecular complexity index is 943. The number of furan rings is 1. The molecule has 0 saturated heterocycles. The molecule has 1 aromatic carbocycles. The largest absolute Gasteiger partial charge is 0.448 e. The van der Waals surface area contributed by atoms with Gasteiger partial charge in [-0.1, -0.05) is 13.8 Å². The van der Waals surface area contributed by atoms with E-state index >= 15 is 0 Å². The van der Waals surface area contributed by atoms with Gasteiger partial charge in [-0.2, -0.15) is 0 Å². The van der Waals surface area contributed by atoms with Gasteiger partial charge in [-0.3, -0.25) is 14.6 Å². The number of nitrogens with one attached hydrogen (secondary N) is 2. The fraction of sp³-hybridized carbons (Fsp3) is 0.222. The number of carbonyl (C=O) groups is 1. The molecule has 0 atom stereocenters. The summed E-state index contributed by atoms with van der Waals surface area (Å²) in [5.41, 5.74) is 3.38. The van der Waals surface area contributed by atoms with E-state index in [2.05, 4.69) is 15.8 Å². The van der Waals surface area contributed by atoms with Crippen molar-refractivity contribution >= 4 is 50.8 Å². The average molecular weight is 469 g/mol. The maximum absolute atomic E-state index is 14.2. The normalized spacial score (nSPS) is 11.1. The topological polar surface area (TPSA) is 76.4 Å². The first-order valence-electron chi connectivity index (χ1n) is 7.96. The minimum absolute atomic E-state index is 0.00490. The number of halogens is 2. The van der Waals surface area contributed by atoms with Crippen molar-refractivity contribution in [1.29, 1.82) is 0 Å². The second-order valence-corrected chi connectivity index (χ2v) is 7.31. The monoisotopic (exact) mass is 469 g/mol. The van der Waals surface area contributed by atoms with E-state index in [-0.39, 0.29) is 17.4 Å². The van der Waals surface area contributed by atoms with E-state index in [0.29, 0.717) is 23.3 Å². The first-order valence-corrected chi connectivity index (χ1v) is 9.04. The van der Waals surface area contributed by atoms with Gasteiger partial charge in [0.05, 0.1) is 17.7 Å². The Balaban J connectivity index is 1.95. The molecule has 1 amide bonds. The number of nitrogens with zero attached hydrogens (tertiary/aromatic N) is 1. The van der Waals surface area contributed by atoms with Gasteiger partial charge in [0.2, 0.25) is 5.76 Å². The summed E-state index contributed by atoms with van der Waals surface area (Å²) in [5.74, 6) is -0.740. The van der Waals surface area contributed by atoms with Gasteiger partial charge in [-0.05, 0) is 52.8 Å². The molecular formula is C18H17FIN3O3. The van der Waals surface area contributed by atoms with Crippen LogP contribution in [-0.2, 0) is 4.84 Å². The third-order valence-electron chi connectivity index (χ3n) is 3.47. The van der Waals surface area contributed by atoms with Crippen LogP contribution in [0.4, 0.5) is 15.8 Å². The first kappa shape index (κ1) is 18.6. The van der Waals surface area contributed by atoms with Crippen LogP contribution in [0.25, 0.3) is 11.0 Å². The summed E-state index contributed by atoms with van der Waals surface area (Å²) in [6, 6.07) is 6.40. The second-order valence-electron chi connectivity index (χ2n) is 6.06. The molecule has 0 fully saturated rings. The third kappa shape index (κ3) is 4.13. The van der Waals surface area contributed by atoms with Crippen LogP contribution in [0.2, 0.25) is 0 Å². The van der Waals surface area contributed by atoms with E-state index in [4.69, 9.17) is 9.25 Å². The molecule has 0 aliphatic heterocycles. The fourth-order valence-corrected chi connectivity index (χ4v) is 2.72. The Hall–Kier alpha value is -2.20. The lowest BCUT2D eigenvalue weighted by atomic mass is 10.2. The third-order valence-corrected chi connectivity index (χ3v) is 4.14. The van der Waals surface area contributed by atoms with E-state index in [1.807, 2.05) is 36.4 Å². The number of carbonyl (C=O) groups excluding carboxylic acids is 1. The molecule has 2 N–H and O–H groups in total. The molecule has 0 bridgehead atoms. The van der Waals surface area contributed by atoms with Crippen LogP contribution in [0, 0.1) is 15.3 Å². The number of hydroxylamine groups is 1. The molecule has 8 heteroatoms. The highest BCUT2D eigenvalue weighted by atomic mass is 127. The number of hydrogen-bond donors (Lipinski definition) is 2. The van der Waals surface area contributed by atoms with E-state index < -0.39 is 11.7 Å². The minimum Gasteiger partial charge on any atom is -0.448 e. The lowest BCUT2D eigenvalue weighted by Crippen LogP contribution is -2.25. The zero-order valence-corrected chi connectivity index (χ0v) is 16.3. The molecule has 3 aromatic rings. The number of anilines is 2. The summed E-state index contributed by atoms with van der Waals surface area (Å²) in [7, 11) is 0. The van der Waals surface area contributed by atoms with Gasteiger partial charge < -0.3 is 9.73 Å². The summed E-state index contributed by atoms with van der Waals surface area (Å²) in [4.78, 5) is 21.7. The highest BCUT2D eigenvalue weighted by Crippen LogP contribution is 2.33. The maximum atomic E-state index is 14.2. The van der Waals surface area contributed by atoms with Crippen LogP contribution in [0.15, 0.2) is 41.1 Å². The van der Waals surface area contributed by atoms with E-state index in [0.717, 1.165) is 3.57 Å². The van der Waals surface area contributed by atoms with Crippen LogP contribution in [-0.4, -0.2) is 17.5 Å². The molecule has 2 aromatic heterocycles. The van der Waals surface area contributed by atoms with Crippen LogP contribution in [0.3, 0.4) is 0 Å². The molecular weight excluding hydrogens is 452 g/mol.